The maximum atomic E-state index is 12.6. The molecule has 120 valence electrons. The lowest BCUT2D eigenvalue weighted by atomic mass is 10.2. The second kappa shape index (κ2) is 6.02. The van der Waals surface area contributed by atoms with E-state index in [-0.39, 0.29) is 6.03 Å². The molecule has 3 aromatic rings. The molecule has 2 amide bonds. The number of carbonyl (C=O) groups excluding carboxylic acids is 1. The lowest BCUT2D eigenvalue weighted by Gasteiger charge is -2.18. The lowest BCUT2D eigenvalue weighted by Crippen LogP contribution is -2.33. The third kappa shape index (κ3) is 2.74. The lowest BCUT2D eigenvalue weighted by molar-refractivity contribution is 0.257. The Hall–Kier alpha value is -2.79. The van der Waals surface area contributed by atoms with Crippen LogP contribution in [0.2, 0.25) is 5.02 Å². The number of nitrogens with zero attached hydrogens (tertiary/aromatic N) is 3. The van der Waals surface area contributed by atoms with Gasteiger partial charge in [0, 0.05) is 35.3 Å². The summed E-state index contributed by atoms with van der Waals surface area (Å²) in [6.07, 6.45) is 6.14. The Morgan fingerprint density at radius 3 is 2.96 bits per heavy atom. The molecule has 1 aliphatic heterocycles. The SMILES string of the molecule is O=C(Nc1cccc(-n2ccnc2)c1)N1CCc2ccc(Cl)cc21. The molecule has 0 aliphatic carbocycles. The minimum absolute atomic E-state index is 0.154. The van der Waals surface area contributed by atoms with Gasteiger partial charge < -0.3 is 9.88 Å². The highest BCUT2D eigenvalue weighted by atomic mass is 35.5. The summed E-state index contributed by atoms with van der Waals surface area (Å²) in [5, 5.41) is 3.59. The molecule has 24 heavy (non-hydrogen) atoms. The number of halogens is 1. The molecule has 0 spiro atoms. The van der Waals surface area contributed by atoms with Crippen molar-refractivity contribution in [1.29, 1.82) is 0 Å². The van der Waals surface area contributed by atoms with Gasteiger partial charge in [0.05, 0.1) is 12.0 Å². The quantitative estimate of drug-likeness (QED) is 0.764. The van der Waals surface area contributed by atoms with Crippen molar-refractivity contribution in [2.45, 2.75) is 6.42 Å². The zero-order valence-corrected chi connectivity index (χ0v) is 13.6. The van der Waals surface area contributed by atoms with Crippen molar-refractivity contribution in [2.24, 2.45) is 0 Å². The molecule has 0 bridgehead atoms. The van der Waals surface area contributed by atoms with Gasteiger partial charge in [0.2, 0.25) is 0 Å². The number of anilines is 2. The first-order chi connectivity index (χ1) is 11.7. The number of aromatic nitrogens is 2. The number of urea groups is 1. The molecule has 1 aliphatic rings. The molecule has 1 N–H and O–H groups in total. The van der Waals surface area contributed by atoms with Crippen molar-refractivity contribution in [3.05, 3.63) is 71.8 Å². The van der Waals surface area contributed by atoms with Crippen LogP contribution in [0.25, 0.3) is 5.69 Å². The van der Waals surface area contributed by atoms with Gasteiger partial charge in [-0.25, -0.2) is 9.78 Å². The van der Waals surface area contributed by atoms with Crippen LogP contribution in [0.4, 0.5) is 16.2 Å². The first kappa shape index (κ1) is 14.8. The van der Waals surface area contributed by atoms with Gasteiger partial charge >= 0.3 is 6.03 Å². The molecule has 4 rings (SSSR count). The Morgan fingerprint density at radius 1 is 1.21 bits per heavy atom. The standard InChI is InChI=1S/C18H15ClN4O/c19-14-5-4-13-6-8-23(17(13)10-14)18(24)21-15-2-1-3-16(11-15)22-9-7-20-12-22/h1-5,7,9-12H,6,8H2,(H,21,24). The van der Waals surface area contributed by atoms with E-state index in [2.05, 4.69) is 10.3 Å². The van der Waals surface area contributed by atoms with Crippen molar-refractivity contribution in [1.82, 2.24) is 9.55 Å². The van der Waals surface area contributed by atoms with Crippen molar-refractivity contribution >= 4 is 29.0 Å². The Labute approximate surface area is 144 Å². The Morgan fingerprint density at radius 2 is 2.12 bits per heavy atom. The molecule has 0 atom stereocenters. The van der Waals surface area contributed by atoms with E-state index in [1.165, 1.54) is 0 Å². The molecule has 2 aromatic carbocycles. The van der Waals surface area contributed by atoms with E-state index in [9.17, 15) is 4.79 Å². The number of carbonyl (C=O) groups is 1. The van der Waals surface area contributed by atoms with Crippen LogP contribution in [-0.4, -0.2) is 22.1 Å². The average molecular weight is 339 g/mol. The van der Waals surface area contributed by atoms with Gasteiger partial charge in [-0.1, -0.05) is 23.7 Å². The van der Waals surface area contributed by atoms with Crippen molar-refractivity contribution in [2.75, 3.05) is 16.8 Å². The monoisotopic (exact) mass is 338 g/mol. The Balaban J connectivity index is 1.56. The molecule has 6 heteroatoms. The smallest absolute Gasteiger partial charge is 0.307 e. The van der Waals surface area contributed by atoms with Crippen LogP contribution in [0.5, 0.6) is 0 Å². The molecule has 0 saturated heterocycles. The van der Waals surface area contributed by atoms with Crippen molar-refractivity contribution in [3.63, 3.8) is 0 Å². The van der Waals surface area contributed by atoms with Gasteiger partial charge in [-0.3, -0.25) is 4.90 Å². The number of rotatable bonds is 2. The zero-order valence-electron chi connectivity index (χ0n) is 12.8. The van der Waals surface area contributed by atoms with Gasteiger partial charge in [-0.05, 0) is 42.3 Å². The normalized spacial score (nSPS) is 13.0. The van der Waals surface area contributed by atoms with Gasteiger partial charge in [0.15, 0.2) is 0 Å². The fourth-order valence-corrected chi connectivity index (χ4v) is 3.08. The van der Waals surface area contributed by atoms with Crippen LogP contribution in [0.1, 0.15) is 5.56 Å². The Bertz CT molecular complexity index is 892. The first-order valence-corrected chi connectivity index (χ1v) is 8.04. The molecule has 0 saturated carbocycles. The van der Waals surface area contributed by atoms with Crippen molar-refractivity contribution in [3.8, 4) is 5.69 Å². The minimum Gasteiger partial charge on any atom is -0.307 e. The summed E-state index contributed by atoms with van der Waals surface area (Å²) in [5.74, 6) is 0. The highest BCUT2D eigenvalue weighted by molar-refractivity contribution is 6.31. The molecular formula is C18H15ClN4O. The summed E-state index contributed by atoms with van der Waals surface area (Å²) in [5.41, 5.74) is 3.70. The molecule has 0 unspecified atom stereocenters. The number of hydrogen-bond acceptors (Lipinski definition) is 2. The molecule has 2 heterocycles. The second-order valence-electron chi connectivity index (χ2n) is 5.63. The molecular weight excluding hydrogens is 324 g/mol. The van der Waals surface area contributed by atoms with Crippen LogP contribution in [0.15, 0.2) is 61.2 Å². The zero-order chi connectivity index (χ0) is 16.5. The van der Waals surface area contributed by atoms with Crippen LogP contribution >= 0.6 is 11.6 Å². The second-order valence-corrected chi connectivity index (χ2v) is 6.06. The highest BCUT2D eigenvalue weighted by Crippen LogP contribution is 2.31. The maximum absolute atomic E-state index is 12.6. The third-order valence-corrected chi connectivity index (χ3v) is 4.32. The van der Waals surface area contributed by atoms with E-state index in [4.69, 9.17) is 11.6 Å². The van der Waals surface area contributed by atoms with E-state index in [0.29, 0.717) is 11.6 Å². The topological polar surface area (TPSA) is 50.2 Å². The summed E-state index contributed by atoms with van der Waals surface area (Å²) in [7, 11) is 0. The summed E-state index contributed by atoms with van der Waals surface area (Å²) < 4.78 is 1.89. The third-order valence-electron chi connectivity index (χ3n) is 4.09. The fourth-order valence-electron chi connectivity index (χ4n) is 2.91. The predicted octanol–water partition coefficient (Wildman–Crippen LogP) is 4.12. The maximum Gasteiger partial charge on any atom is 0.326 e. The van der Waals surface area contributed by atoms with Gasteiger partial charge in [-0.2, -0.15) is 0 Å². The molecule has 1 aromatic heterocycles. The number of fused-ring (bicyclic) bond motifs is 1. The van der Waals surface area contributed by atoms with E-state index >= 15 is 0 Å². The first-order valence-electron chi connectivity index (χ1n) is 7.66. The number of amides is 2. The predicted molar refractivity (Wildman–Crippen MR) is 95.1 cm³/mol. The van der Waals surface area contributed by atoms with E-state index in [1.54, 1.807) is 17.4 Å². The summed E-state index contributed by atoms with van der Waals surface area (Å²) in [6, 6.07) is 13.2. The number of imidazole rings is 1. The van der Waals surface area contributed by atoms with Crippen LogP contribution < -0.4 is 10.2 Å². The highest BCUT2D eigenvalue weighted by Gasteiger charge is 2.24. The fraction of sp³-hybridized carbons (Fsp3) is 0.111. The van der Waals surface area contributed by atoms with Gasteiger partial charge in [0.1, 0.15) is 0 Å². The number of hydrogen-bond donors (Lipinski definition) is 1. The van der Waals surface area contributed by atoms with Crippen molar-refractivity contribution < 1.29 is 4.79 Å². The minimum atomic E-state index is -0.154. The van der Waals surface area contributed by atoms with E-state index < -0.39 is 0 Å². The average Bonchev–Trinajstić information content (AvgIpc) is 3.24. The molecule has 5 nitrogen and oxygen atoms in total. The largest absolute Gasteiger partial charge is 0.326 e. The van der Waals surface area contributed by atoms with Gasteiger partial charge in [0.25, 0.3) is 0 Å². The number of benzene rings is 2. The van der Waals surface area contributed by atoms with Crippen LogP contribution in [0, 0.1) is 0 Å². The Kier molecular flexibility index (Phi) is 3.70. The molecule has 0 fully saturated rings. The van der Waals surface area contributed by atoms with Gasteiger partial charge in [-0.15, -0.1) is 0 Å². The van der Waals surface area contributed by atoms with Crippen LogP contribution in [0.3, 0.4) is 0 Å². The van der Waals surface area contributed by atoms with Crippen LogP contribution in [-0.2, 0) is 6.42 Å². The summed E-state index contributed by atoms with van der Waals surface area (Å²) >= 11 is 6.06. The van der Waals surface area contributed by atoms with E-state index in [1.807, 2.05) is 53.2 Å². The number of nitrogens with one attached hydrogen (secondary N) is 1. The van der Waals surface area contributed by atoms with E-state index in [0.717, 1.165) is 29.0 Å². The summed E-state index contributed by atoms with van der Waals surface area (Å²) in [6.45, 7) is 0.655. The summed E-state index contributed by atoms with van der Waals surface area (Å²) in [4.78, 5) is 18.4. The molecule has 0 radical (unpaired) electrons.